The van der Waals surface area contributed by atoms with Crippen LogP contribution in [0.3, 0.4) is 0 Å². The van der Waals surface area contributed by atoms with Crippen LogP contribution in [0.2, 0.25) is 0 Å². The molecule has 0 unspecified atom stereocenters. The lowest BCUT2D eigenvalue weighted by atomic mass is 10.1. The summed E-state index contributed by atoms with van der Waals surface area (Å²) in [5.41, 5.74) is 4.33. The van der Waals surface area contributed by atoms with E-state index in [-0.39, 0.29) is 11.3 Å². The summed E-state index contributed by atoms with van der Waals surface area (Å²) in [7, 11) is 1.11. The summed E-state index contributed by atoms with van der Waals surface area (Å²) in [6.07, 6.45) is 0. The average molecular weight is 244 g/mol. The average Bonchev–Trinajstić information content (AvgIpc) is 2.26. The van der Waals surface area contributed by atoms with Crippen molar-refractivity contribution in [1.82, 2.24) is 0 Å². The fourth-order valence-electron chi connectivity index (χ4n) is 1.32. The minimum atomic E-state index is -1.60. The van der Waals surface area contributed by atoms with Gasteiger partial charge < -0.3 is 15.6 Å². The van der Waals surface area contributed by atoms with Crippen molar-refractivity contribution >= 4 is 11.7 Å². The van der Waals surface area contributed by atoms with Crippen molar-refractivity contribution in [1.29, 1.82) is 0 Å². The number of nitro groups is 1. The molecule has 8 heteroatoms. The van der Waals surface area contributed by atoms with Gasteiger partial charge in [0.15, 0.2) is 0 Å². The van der Waals surface area contributed by atoms with Gasteiger partial charge in [0, 0.05) is 5.56 Å². The molecule has 0 fully saturated rings. The van der Waals surface area contributed by atoms with Gasteiger partial charge in [0.1, 0.15) is 11.9 Å². The first-order chi connectivity index (χ1) is 7.88. The highest BCUT2D eigenvalue weighted by molar-refractivity contribution is 5.77. The van der Waals surface area contributed by atoms with Gasteiger partial charge in [0.2, 0.25) is 5.75 Å². The van der Waals surface area contributed by atoms with Crippen molar-refractivity contribution in [3.63, 3.8) is 0 Å². The van der Waals surface area contributed by atoms with Crippen LogP contribution in [0.4, 0.5) is 10.1 Å². The number of benzene rings is 1. The van der Waals surface area contributed by atoms with Crippen LogP contribution < -0.4 is 10.5 Å². The molecule has 0 amide bonds. The Morgan fingerprint density at radius 2 is 2.24 bits per heavy atom. The van der Waals surface area contributed by atoms with Gasteiger partial charge in [-0.3, -0.25) is 14.9 Å². The quantitative estimate of drug-likeness (QED) is 0.598. The maximum absolute atomic E-state index is 13.1. The van der Waals surface area contributed by atoms with Crippen LogP contribution in [-0.2, 0) is 4.79 Å². The summed E-state index contributed by atoms with van der Waals surface area (Å²) in [5.74, 6) is -2.75. The second-order valence-electron chi connectivity index (χ2n) is 3.12. The van der Waals surface area contributed by atoms with E-state index in [9.17, 15) is 19.3 Å². The zero-order chi connectivity index (χ0) is 13.2. The molecule has 0 aliphatic rings. The van der Waals surface area contributed by atoms with Crippen molar-refractivity contribution in [3.8, 4) is 5.75 Å². The Kier molecular flexibility index (Phi) is 3.59. The normalized spacial score (nSPS) is 11.9. The smallest absolute Gasteiger partial charge is 0.325 e. The Morgan fingerprint density at radius 1 is 1.65 bits per heavy atom. The van der Waals surface area contributed by atoms with Gasteiger partial charge in [0.25, 0.3) is 0 Å². The van der Waals surface area contributed by atoms with Crippen molar-refractivity contribution < 1.29 is 24.0 Å². The zero-order valence-corrected chi connectivity index (χ0v) is 8.71. The van der Waals surface area contributed by atoms with Crippen molar-refractivity contribution in [2.75, 3.05) is 7.11 Å². The van der Waals surface area contributed by atoms with E-state index >= 15 is 0 Å². The number of carbonyl (C=O) groups is 1. The Bertz CT molecular complexity index is 477. The minimum Gasteiger partial charge on any atom is -0.490 e. The highest BCUT2D eigenvalue weighted by Crippen LogP contribution is 2.34. The molecule has 0 aliphatic carbocycles. The highest BCUT2D eigenvalue weighted by Gasteiger charge is 2.27. The third-order valence-electron chi connectivity index (χ3n) is 2.06. The lowest BCUT2D eigenvalue weighted by Crippen LogP contribution is -2.21. The summed E-state index contributed by atoms with van der Waals surface area (Å²) in [5, 5.41) is 19.4. The van der Waals surface area contributed by atoms with Gasteiger partial charge in [-0.05, 0) is 6.07 Å². The number of carboxylic acid groups (broad SMARTS) is 1. The highest BCUT2D eigenvalue weighted by atomic mass is 19.1. The summed E-state index contributed by atoms with van der Waals surface area (Å²) in [4.78, 5) is 20.5. The number of nitrogens with zero attached hydrogens (tertiary/aromatic N) is 1. The van der Waals surface area contributed by atoms with E-state index < -0.39 is 28.4 Å². The molecule has 17 heavy (non-hydrogen) atoms. The molecule has 0 saturated carbocycles. The Balaban J connectivity index is 3.48. The first-order valence-corrected chi connectivity index (χ1v) is 4.38. The van der Waals surface area contributed by atoms with E-state index in [0.717, 1.165) is 13.2 Å². The molecule has 1 rings (SSSR count). The molecule has 1 aromatic carbocycles. The summed E-state index contributed by atoms with van der Waals surface area (Å²) >= 11 is 0. The maximum atomic E-state index is 13.1. The molecule has 92 valence electrons. The maximum Gasteiger partial charge on any atom is 0.325 e. The molecule has 7 nitrogen and oxygen atoms in total. The van der Waals surface area contributed by atoms with Crippen LogP contribution in [0.15, 0.2) is 12.1 Å². The van der Waals surface area contributed by atoms with Crippen molar-refractivity contribution in [3.05, 3.63) is 33.6 Å². The third kappa shape index (κ3) is 2.48. The molecular weight excluding hydrogens is 235 g/mol. The number of halogens is 1. The first kappa shape index (κ1) is 12.8. The van der Waals surface area contributed by atoms with E-state index in [0.29, 0.717) is 6.07 Å². The van der Waals surface area contributed by atoms with Crippen LogP contribution in [0.1, 0.15) is 11.6 Å². The van der Waals surface area contributed by atoms with Gasteiger partial charge in [-0.15, -0.1) is 0 Å². The zero-order valence-electron chi connectivity index (χ0n) is 8.71. The van der Waals surface area contributed by atoms with Gasteiger partial charge in [0.05, 0.1) is 18.1 Å². The number of hydrogen-bond acceptors (Lipinski definition) is 5. The van der Waals surface area contributed by atoms with Gasteiger partial charge >= 0.3 is 11.7 Å². The van der Waals surface area contributed by atoms with E-state index in [1.807, 2.05) is 0 Å². The molecule has 1 aromatic rings. The number of ether oxygens (including phenoxy) is 1. The molecule has 0 saturated heterocycles. The number of carboxylic acids is 1. The number of methoxy groups -OCH3 is 1. The predicted molar refractivity (Wildman–Crippen MR) is 54.2 cm³/mol. The van der Waals surface area contributed by atoms with Crippen LogP contribution in [0, 0.1) is 15.9 Å². The van der Waals surface area contributed by atoms with E-state index in [1.165, 1.54) is 0 Å². The molecule has 0 aliphatic heterocycles. The molecule has 0 radical (unpaired) electrons. The number of rotatable bonds is 4. The fraction of sp³-hybridized carbons (Fsp3) is 0.222. The molecule has 0 aromatic heterocycles. The second kappa shape index (κ2) is 4.74. The van der Waals surface area contributed by atoms with Crippen LogP contribution in [0.5, 0.6) is 5.75 Å². The lowest BCUT2D eigenvalue weighted by Gasteiger charge is -2.12. The number of nitro benzene ring substituents is 1. The molecule has 3 N–H and O–H groups in total. The van der Waals surface area contributed by atoms with E-state index in [4.69, 9.17) is 15.6 Å². The minimum absolute atomic E-state index is 0.285. The van der Waals surface area contributed by atoms with Gasteiger partial charge in [-0.25, -0.2) is 4.39 Å². The second-order valence-corrected chi connectivity index (χ2v) is 3.12. The molecule has 0 bridgehead atoms. The molecule has 1 atom stereocenters. The molecule has 0 heterocycles. The van der Waals surface area contributed by atoms with Crippen molar-refractivity contribution in [2.45, 2.75) is 6.04 Å². The van der Waals surface area contributed by atoms with Crippen molar-refractivity contribution in [2.24, 2.45) is 5.73 Å². The number of aliphatic carboxylic acids is 1. The first-order valence-electron chi connectivity index (χ1n) is 4.38. The fourth-order valence-corrected chi connectivity index (χ4v) is 1.32. The Morgan fingerprint density at radius 3 is 2.65 bits per heavy atom. The third-order valence-corrected chi connectivity index (χ3v) is 2.06. The number of hydrogen-bond donors (Lipinski definition) is 2. The van der Waals surface area contributed by atoms with Gasteiger partial charge in [-0.2, -0.15) is 0 Å². The molecule has 0 spiro atoms. The standard InChI is InChI=1S/C9H9FN2O5/c1-17-8-5(7(11)9(13)14)2-4(10)3-6(8)12(15)16/h2-3,7H,11H2,1H3,(H,13,14)/t7-/m0/s1. The van der Waals surface area contributed by atoms with E-state index in [1.54, 1.807) is 0 Å². The van der Waals surface area contributed by atoms with Crippen LogP contribution >= 0.6 is 0 Å². The predicted octanol–water partition coefficient (Wildman–Crippen LogP) is 0.827. The summed E-state index contributed by atoms with van der Waals surface area (Å²) in [6.45, 7) is 0. The number of nitrogens with two attached hydrogens (primary N) is 1. The van der Waals surface area contributed by atoms with Crippen LogP contribution in [0.25, 0.3) is 0 Å². The SMILES string of the molecule is COc1c([C@H](N)C(=O)O)cc(F)cc1[N+](=O)[O-]. The van der Waals surface area contributed by atoms with E-state index in [2.05, 4.69) is 0 Å². The topological polar surface area (TPSA) is 116 Å². The lowest BCUT2D eigenvalue weighted by molar-refractivity contribution is -0.386. The Hall–Kier alpha value is -2.22. The summed E-state index contributed by atoms with van der Waals surface area (Å²) in [6, 6.07) is -0.166. The largest absolute Gasteiger partial charge is 0.490 e. The monoisotopic (exact) mass is 244 g/mol. The van der Waals surface area contributed by atoms with Gasteiger partial charge in [-0.1, -0.05) is 0 Å². The van der Waals surface area contributed by atoms with Crippen LogP contribution in [-0.4, -0.2) is 23.1 Å². The Labute approximate surface area is 94.8 Å². The summed E-state index contributed by atoms with van der Waals surface area (Å²) < 4.78 is 17.8. The molecular formula is C9H9FN2O5.